The summed E-state index contributed by atoms with van der Waals surface area (Å²) in [6, 6.07) is 33.7. The van der Waals surface area contributed by atoms with Crippen LogP contribution in [0.1, 0.15) is 47.2 Å². The van der Waals surface area contributed by atoms with Gasteiger partial charge < -0.3 is 0 Å². The van der Waals surface area contributed by atoms with Crippen molar-refractivity contribution in [3.63, 3.8) is 0 Å². The van der Waals surface area contributed by atoms with Crippen molar-refractivity contribution in [1.29, 1.82) is 0 Å². The maximum Gasteiger partial charge on any atom is 0.0498 e. The van der Waals surface area contributed by atoms with Gasteiger partial charge in [-0.2, -0.15) is 0 Å². The molecule has 1 nitrogen and oxygen atoms in total. The average Bonchev–Trinajstić information content (AvgIpc) is 3.45. The Morgan fingerprint density at radius 1 is 0.615 bits per heavy atom. The van der Waals surface area contributed by atoms with Gasteiger partial charge in [0, 0.05) is 26.8 Å². The van der Waals surface area contributed by atoms with Crippen molar-refractivity contribution in [1.82, 2.24) is 0 Å². The summed E-state index contributed by atoms with van der Waals surface area (Å²) >= 11 is 1.78. The fourth-order valence-electron chi connectivity index (χ4n) is 4.96. The summed E-state index contributed by atoms with van der Waals surface area (Å²) in [6.07, 6.45) is 12.8. The van der Waals surface area contributed by atoms with E-state index in [1.807, 2.05) is 24.3 Å². The zero-order valence-electron chi connectivity index (χ0n) is 22.8. The minimum Gasteiger partial charge on any atom is -0.255 e. The molecule has 0 heterocycles. The topological polar surface area (TPSA) is 17.1 Å². The highest BCUT2D eigenvalue weighted by Crippen LogP contribution is 2.37. The zero-order valence-corrected chi connectivity index (χ0v) is 24.4. The van der Waals surface area contributed by atoms with Crippen LogP contribution < -0.4 is 0 Å². The van der Waals surface area contributed by atoms with Gasteiger partial charge in [0.25, 0.3) is 0 Å². The molecule has 0 bridgehead atoms. The zero-order chi connectivity index (χ0) is 27.4. The van der Waals surface area contributed by atoms with E-state index in [0.29, 0.717) is 0 Å². The van der Waals surface area contributed by atoms with Crippen LogP contribution in [0.3, 0.4) is 0 Å². The van der Waals surface area contributed by atoms with Gasteiger partial charge in [-0.1, -0.05) is 84.9 Å². The predicted molar refractivity (Wildman–Crippen MR) is 173 cm³/mol. The van der Waals surface area contributed by atoms with Gasteiger partial charge in [0.1, 0.15) is 0 Å². The minimum absolute atomic E-state index is 0.867. The molecular formula is C36H32OS2. The molecule has 2 aliphatic rings. The largest absolute Gasteiger partial charge is 0.255 e. The monoisotopic (exact) mass is 544 g/mol. The lowest BCUT2D eigenvalue weighted by Gasteiger charge is -2.04. The quantitative estimate of drug-likeness (QED) is 0.238. The smallest absolute Gasteiger partial charge is 0.0498 e. The number of rotatable bonds is 4. The Balaban J connectivity index is 0.000000158. The first-order valence-corrected chi connectivity index (χ1v) is 15.8. The maximum absolute atomic E-state index is 11.4. The molecule has 39 heavy (non-hydrogen) atoms. The second-order valence-corrected chi connectivity index (χ2v) is 12.0. The molecule has 4 aromatic rings. The lowest BCUT2D eigenvalue weighted by molar-refractivity contribution is 0.687. The van der Waals surface area contributed by atoms with Crippen molar-refractivity contribution in [2.45, 2.75) is 23.6 Å². The van der Waals surface area contributed by atoms with Crippen LogP contribution in [0, 0.1) is 0 Å². The van der Waals surface area contributed by atoms with Crippen LogP contribution >= 0.6 is 11.8 Å². The van der Waals surface area contributed by atoms with Crippen molar-refractivity contribution in [2.24, 2.45) is 0 Å². The number of thioether (sulfide) groups is 1. The van der Waals surface area contributed by atoms with Crippen LogP contribution in [-0.4, -0.2) is 16.7 Å². The van der Waals surface area contributed by atoms with Crippen LogP contribution in [0.15, 0.2) is 118 Å². The van der Waals surface area contributed by atoms with E-state index in [1.165, 1.54) is 55.0 Å². The van der Waals surface area contributed by atoms with E-state index in [2.05, 4.69) is 117 Å². The molecule has 0 aliphatic heterocycles. The van der Waals surface area contributed by atoms with E-state index >= 15 is 0 Å². The minimum atomic E-state index is -0.916. The molecule has 0 saturated carbocycles. The Kier molecular flexibility index (Phi) is 8.30. The third kappa shape index (κ3) is 6.16. The summed E-state index contributed by atoms with van der Waals surface area (Å²) in [4.78, 5) is 2.17. The van der Waals surface area contributed by atoms with Crippen molar-refractivity contribution >= 4 is 58.0 Å². The molecule has 0 radical (unpaired) electrons. The normalized spacial score (nSPS) is 16.2. The third-order valence-corrected chi connectivity index (χ3v) is 8.73. The Morgan fingerprint density at radius 3 is 1.49 bits per heavy atom. The van der Waals surface area contributed by atoms with Crippen molar-refractivity contribution in [3.8, 4) is 0 Å². The fraction of sp³-hybridized carbons (Fsp3) is 0.111. The van der Waals surface area contributed by atoms with Crippen molar-refractivity contribution < 1.29 is 4.21 Å². The highest BCUT2D eigenvalue weighted by Gasteiger charge is 2.15. The van der Waals surface area contributed by atoms with Gasteiger partial charge >= 0.3 is 0 Å². The lowest BCUT2D eigenvalue weighted by Crippen LogP contribution is -1.87. The molecule has 0 saturated heterocycles. The van der Waals surface area contributed by atoms with Crippen LogP contribution in [0.2, 0.25) is 0 Å². The van der Waals surface area contributed by atoms with Crippen molar-refractivity contribution in [2.75, 3.05) is 12.5 Å². The Bertz CT molecular complexity index is 1650. The summed E-state index contributed by atoms with van der Waals surface area (Å²) < 4.78 is 11.4. The van der Waals surface area contributed by atoms with Crippen LogP contribution in [0.4, 0.5) is 0 Å². The van der Waals surface area contributed by atoms with E-state index in [0.717, 1.165) is 10.5 Å². The molecule has 194 valence electrons. The molecule has 0 N–H and O–H groups in total. The number of fused-ring (bicyclic) bond motifs is 2. The molecule has 3 heteroatoms. The molecule has 0 amide bonds. The van der Waals surface area contributed by atoms with Gasteiger partial charge in [-0.05, 0) is 112 Å². The second-order valence-electron chi connectivity index (χ2n) is 9.74. The first kappa shape index (κ1) is 26.9. The standard InChI is InChI=1S/C18H16OS.C18H16S/c1-13-11-15-5-3-4-6-17(15)18(13)12-14-7-9-16(10-8-14)20(2)19;1-13-11-15-5-3-4-6-17(15)18(13)12-14-7-9-16(19-2)10-8-14/h3-12H,1-2H3;3-12H,1-2H3/b2*18-12-/t20-;/m1./s1. The number of hydrogen-bond donors (Lipinski definition) is 0. The predicted octanol–water partition coefficient (Wildman–Crippen LogP) is 9.75. The third-order valence-electron chi connectivity index (χ3n) is 7.05. The fourth-order valence-corrected chi connectivity index (χ4v) is 5.88. The number of hydrogen-bond acceptors (Lipinski definition) is 2. The van der Waals surface area contributed by atoms with E-state index < -0.39 is 10.8 Å². The van der Waals surface area contributed by atoms with E-state index in [9.17, 15) is 4.21 Å². The van der Waals surface area contributed by atoms with Gasteiger partial charge in [-0.15, -0.1) is 11.8 Å². The molecule has 4 aromatic carbocycles. The summed E-state index contributed by atoms with van der Waals surface area (Å²) in [7, 11) is -0.916. The number of benzene rings is 4. The molecule has 0 aromatic heterocycles. The van der Waals surface area contributed by atoms with Crippen molar-refractivity contribution in [3.05, 3.63) is 142 Å². The first-order chi connectivity index (χ1) is 18.9. The molecule has 1 atom stereocenters. The van der Waals surface area contributed by atoms with E-state index in [-0.39, 0.29) is 0 Å². The maximum atomic E-state index is 11.4. The molecule has 2 aliphatic carbocycles. The molecule has 6 rings (SSSR count). The first-order valence-electron chi connectivity index (χ1n) is 13.0. The molecule has 0 fully saturated rings. The van der Waals surface area contributed by atoms with Gasteiger partial charge in [-0.3, -0.25) is 4.21 Å². The van der Waals surface area contributed by atoms with Crippen LogP contribution in [-0.2, 0) is 10.8 Å². The second kappa shape index (κ2) is 12.0. The van der Waals surface area contributed by atoms with E-state index in [4.69, 9.17) is 0 Å². The Labute approximate surface area is 239 Å². The average molecular weight is 545 g/mol. The van der Waals surface area contributed by atoms with Crippen LogP contribution in [0.25, 0.3) is 35.5 Å². The van der Waals surface area contributed by atoms with Gasteiger partial charge in [0.2, 0.25) is 0 Å². The summed E-state index contributed by atoms with van der Waals surface area (Å²) in [6.45, 7) is 4.32. The van der Waals surface area contributed by atoms with E-state index in [1.54, 1.807) is 18.0 Å². The summed E-state index contributed by atoms with van der Waals surface area (Å²) in [5, 5.41) is 0. The highest BCUT2D eigenvalue weighted by molar-refractivity contribution is 7.98. The number of allylic oxidation sites excluding steroid dienone is 4. The summed E-state index contributed by atoms with van der Waals surface area (Å²) in [5.41, 5.74) is 12.9. The molecular weight excluding hydrogens is 513 g/mol. The van der Waals surface area contributed by atoms with Gasteiger partial charge in [-0.25, -0.2) is 0 Å². The molecule has 0 unspecified atom stereocenters. The summed E-state index contributed by atoms with van der Waals surface area (Å²) in [5.74, 6) is 0. The Hall–Kier alpha value is -3.66. The Morgan fingerprint density at radius 2 is 1.05 bits per heavy atom. The molecule has 0 spiro atoms. The lowest BCUT2D eigenvalue weighted by atomic mass is 10.0. The van der Waals surface area contributed by atoms with Gasteiger partial charge in [0.05, 0.1) is 0 Å². The highest BCUT2D eigenvalue weighted by atomic mass is 32.2. The van der Waals surface area contributed by atoms with Gasteiger partial charge in [0.15, 0.2) is 0 Å². The van der Waals surface area contributed by atoms with Crippen LogP contribution in [0.5, 0.6) is 0 Å². The SMILES string of the molecule is CC1=Cc2ccccc2/C1=C\c1ccc([S@@](C)=O)cc1.CSc1ccc(/C=C2/C(C)=Cc3ccccc32)cc1.